The third-order valence-electron chi connectivity index (χ3n) is 3.52. The van der Waals surface area contributed by atoms with Crippen molar-refractivity contribution >= 4 is 0 Å². The molecule has 0 amide bonds. The van der Waals surface area contributed by atoms with Gasteiger partial charge in [0.25, 0.3) is 0 Å². The molecule has 1 saturated heterocycles. The highest BCUT2D eigenvalue weighted by Gasteiger charge is 2.47. The van der Waals surface area contributed by atoms with Crippen molar-refractivity contribution in [2.45, 2.75) is 39.6 Å². The van der Waals surface area contributed by atoms with E-state index in [2.05, 4.69) is 26.8 Å². The molecule has 2 aliphatic rings. The topological polar surface area (TPSA) is 29.5 Å². The number of ether oxygens (including phenoxy) is 1. The summed E-state index contributed by atoms with van der Waals surface area (Å²) >= 11 is 0. The van der Waals surface area contributed by atoms with Gasteiger partial charge in [-0.1, -0.05) is 25.5 Å². The fourth-order valence-electron chi connectivity index (χ4n) is 2.30. The van der Waals surface area contributed by atoms with Gasteiger partial charge in [-0.3, -0.25) is 0 Å². The van der Waals surface area contributed by atoms with Crippen LogP contribution in [0, 0.1) is 11.3 Å². The second kappa shape index (κ2) is 2.33. The molecule has 1 aliphatic carbocycles. The SMILES string of the molecule is CC1=CC2OC(O)CC2C1(C)C. The molecule has 0 bridgehead atoms. The summed E-state index contributed by atoms with van der Waals surface area (Å²) in [5.41, 5.74) is 1.60. The maximum Gasteiger partial charge on any atom is 0.155 e. The minimum atomic E-state index is -0.538. The Labute approximate surface area is 73.2 Å². The van der Waals surface area contributed by atoms with E-state index in [1.165, 1.54) is 5.57 Å². The van der Waals surface area contributed by atoms with Crippen molar-refractivity contribution in [3.8, 4) is 0 Å². The Bertz CT molecular complexity index is 230. The van der Waals surface area contributed by atoms with E-state index in [9.17, 15) is 5.11 Å². The molecule has 3 atom stereocenters. The highest BCUT2D eigenvalue weighted by molar-refractivity contribution is 5.24. The summed E-state index contributed by atoms with van der Waals surface area (Å²) in [7, 11) is 0. The number of hydrogen-bond donors (Lipinski definition) is 1. The predicted octanol–water partition coefficient (Wildman–Crippen LogP) is 1.70. The Morgan fingerprint density at radius 2 is 2.25 bits per heavy atom. The number of hydrogen-bond acceptors (Lipinski definition) is 2. The van der Waals surface area contributed by atoms with Crippen molar-refractivity contribution in [3.05, 3.63) is 11.6 Å². The fourth-order valence-corrected chi connectivity index (χ4v) is 2.30. The van der Waals surface area contributed by atoms with Crippen LogP contribution in [0.2, 0.25) is 0 Å². The summed E-state index contributed by atoms with van der Waals surface area (Å²) in [6.45, 7) is 6.60. The van der Waals surface area contributed by atoms with Crippen molar-refractivity contribution in [1.29, 1.82) is 0 Å². The van der Waals surface area contributed by atoms with Gasteiger partial charge in [-0.05, 0) is 12.3 Å². The quantitative estimate of drug-likeness (QED) is 0.558. The van der Waals surface area contributed by atoms with E-state index in [0.29, 0.717) is 5.92 Å². The summed E-state index contributed by atoms with van der Waals surface area (Å²) in [5.74, 6) is 0.479. The summed E-state index contributed by atoms with van der Waals surface area (Å²) in [6.07, 6.45) is 2.56. The highest BCUT2D eigenvalue weighted by Crippen LogP contribution is 2.49. The van der Waals surface area contributed by atoms with Crippen molar-refractivity contribution in [2.75, 3.05) is 0 Å². The molecule has 0 aromatic carbocycles. The molecule has 2 rings (SSSR count). The third-order valence-corrected chi connectivity index (χ3v) is 3.52. The summed E-state index contributed by atoms with van der Waals surface area (Å²) in [5, 5.41) is 9.30. The smallest absolute Gasteiger partial charge is 0.155 e. The average Bonchev–Trinajstić information content (AvgIpc) is 2.38. The van der Waals surface area contributed by atoms with Crippen LogP contribution in [0.4, 0.5) is 0 Å². The first-order valence-corrected chi connectivity index (χ1v) is 4.54. The zero-order valence-electron chi connectivity index (χ0n) is 7.87. The first kappa shape index (κ1) is 8.27. The number of aliphatic hydroxyl groups excluding tert-OH is 1. The second-order valence-corrected chi connectivity index (χ2v) is 4.47. The molecular formula is C10H16O2. The summed E-state index contributed by atoms with van der Waals surface area (Å²) in [6, 6.07) is 0. The van der Waals surface area contributed by atoms with E-state index in [1.807, 2.05) is 0 Å². The van der Waals surface area contributed by atoms with Crippen molar-refractivity contribution in [1.82, 2.24) is 0 Å². The molecule has 2 heteroatoms. The Hall–Kier alpha value is -0.340. The molecule has 1 aliphatic heterocycles. The van der Waals surface area contributed by atoms with Gasteiger partial charge < -0.3 is 9.84 Å². The molecule has 12 heavy (non-hydrogen) atoms. The molecule has 3 unspecified atom stereocenters. The molecule has 1 fully saturated rings. The van der Waals surface area contributed by atoms with E-state index >= 15 is 0 Å². The molecule has 0 aromatic rings. The fraction of sp³-hybridized carbons (Fsp3) is 0.800. The number of allylic oxidation sites excluding steroid dienone is 1. The summed E-state index contributed by atoms with van der Waals surface area (Å²) < 4.78 is 5.37. The van der Waals surface area contributed by atoms with E-state index in [0.717, 1.165) is 6.42 Å². The third kappa shape index (κ3) is 0.947. The molecule has 0 spiro atoms. The van der Waals surface area contributed by atoms with E-state index < -0.39 is 6.29 Å². The van der Waals surface area contributed by atoms with E-state index in [4.69, 9.17) is 4.74 Å². The largest absolute Gasteiger partial charge is 0.368 e. The Kier molecular flexibility index (Phi) is 1.61. The van der Waals surface area contributed by atoms with Crippen LogP contribution in [0.3, 0.4) is 0 Å². The van der Waals surface area contributed by atoms with Gasteiger partial charge in [-0.25, -0.2) is 0 Å². The van der Waals surface area contributed by atoms with Gasteiger partial charge in [0.1, 0.15) is 0 Å². The predicted molar refractivity (Wildman–Crippen MR) is 46.5 cm³/mol. The molecule has 0 aromatic heterocycles. The van der Waals surface area contributed by atoms with Crippen molar-refractivity contribution < 1.29 is 9.84 Å². The molecule has 0 radical (unpaired) electrons. The average molecular weight is 168 g/mol. The molecule has 68 valence electrons. The Morgan fingerprint density at radius 3 is 2.83 bits per heavy atom. The lowest BCUT2D eigenvalue weighted by molar-refractivity contribution is -0.0785. The molecule has 0 saturated carbocycles. The minimum absolute atomic E-state index is 0.162. The van der Waals surface area contributed by atoms with Crippen LogP contribution in [-0.4, -0.2) is 17.5 Å². The standard InChI is InChI=1S/C10H16O2/c1-6-4-8-7(10(6,2)3)5-9(11)12-8/h4,7-9,11H,5H2,1-3H3. The lowest BCUT2D eigenvalue weighted by Crippen LogP contribution is -2.23. The number of rotatable bonds is 0. The Morgan fingerprint density at radius 1 is 1.58 bits per heavy atom. The Balaban J connectivity index is 2.27. The van der Waals surface area contributed by atoms with Crippen LogP contribution in [0.1, 0.15) is 27.2 Å². The maximum atomic E-state index is 9.30. The maximum absolute atomic E-state index is 9.30. The van der Waals surface area contributed by atoms with Crippen LogP contribution in [0.25, 0.3) is 0 Å². The second-order valence-electron chi connectivity index (χ2n) is 4.47. The minimum Gasteiger partial charge on any atom is -0.368 e. The lowest BCUT2D eigenvalue weighted by atomic mass is 9.76. The van der Waals surface area contributed by atoms with E-state index in [-0.39, 0.29) is 11.5 Å². The zero-order chi connectivity index (χ0) is 8.93. The lowest BCUT2D eigenvalue weighted by Gasteiger charge is -2.27. The van der Waals surface area contributed by atoms with Crippen molar-refractivity contribution in [2.24, 2.45) is 11.3 Å². The van der Waals surface area contributed by atoms with Gasteiger partial charge in [-0.2, -0.15) is 0 Å². The van der Waals surface area contributed by atoms with Gasteiger partial charge >= 0.3 is 0 Å². The normalized spacial score (nSPS) is 44.3. The van der Waals surface area contributed by atoms with Crippen LogP contribution in [0.15, 0.2) is 11.6 Å². The van der Waals surface area contributed by atoms with Crippen molar-refractivity contribution in [3.63, 3.8) is 0 Å². The molecular weight excluding hydrogens is 152 g/mol. The monoisotopic (exact) mass is 168 g/mol. The number of aliphatic hydroxyl groups is 1. The van der Waals surface area contributed by atoms with Gasteiger partial charge in [-0.15, -0.1) is 0 Å². The molecule has 1 N–H and O–H groups in total. The molecule has 1 heterocycles. The van der Waals surface area contributed by atoms with Crippen LogP contribution in [-0.2, 0) is 4.74 Å². The first-order chi connectivity index (χ1) is 5.51. The summed E-state index contributed by atoms with van der Waals surface area (Å²) in [4.78, 5) is 0. The molecule has 2 nitrogen and oxygen atoms in total. The van der Waals surface area contributed by atoms with Crippen LogP contribution >= 0.6 is 0 Å². The number of fused-ring (bicyclic) bond motifs is 1. The zero-order valence-corrected chi connectivity index (χ0v) is 7.87. The first-order valence-electron chi connectivity index (χ1n) is 4.54. The van der Waals surface area contributed by atoms with E-state index in [1.54, 1.807) is 0 Å². The highest BCUT2D eigenvalue weighted by atomic mass is 16.6. The van der Waals surface area contributed by atoms with Gasteiger partial charge in [0.15, 0.2) is 6.29 Å². The van der Waals surface area contributed by atoms with Crippen LogP contribution in [0.5, 0.6) is 0 Å². The van der Waals surface area contributed by atoms with Gasteiger partial charge in [0, 0.05) is 12.3 Å². The van der Waals surface area contributed by atoms with Gasteiger partial charge in [0.05, 0.1) is 6.10 Å². The van der Waals surface area contributed by atoms with Gasteiger partial charge in [0.2, 0.25) is 0 Å². The van der Waals surface area contributed by atoms with Crippen LogP contribution < -0.4 is 0 Å².